The minimum Gasteiger partial charge on any atom is -0.396 e. The Bertz CT molecular complexity index is 735. The number of benzene rings is 2. The van der Waals surface area contributed by atoms with Crippen molar-refractivity contribution < 1.29 is 13.6 Å². The van der Waals surface area contributed by atoms with Gasteiger partial charge in [0.25, 0.3) is 5.91 Å². The largest absolute Gasteiger partial charge is 0.396 e. The van der Waals surface area contributed by atoms with Gasteiger partial charge in [0.1, 0.15) is 11.6 Å². The molecular weight excluding hydrogens is 321 g/mol. The molecule has 2 aromatic carbocycles. The van der Waals surface area contributed by atoms with Crippen molar-refractivity contribution in [1.29, 1.82) is 0 Å². The van der Waals surface area contributed by atoms with E-state index in [-0.39, 0.29) is 21.4 Å². The van der Waals surface area contributed by atoms with Crippen LogP contribution in [0.15, 0.2) is 24.3 Å². The van der Waals surface area contributed by atoms with Crippen LogP contribution in [-0.2, 0) is 0 Å². The van der Waals surface area contributed by atoms with Crippen LogP contribution >= 0.6 is 23.2 Å². The van der Waals surface area contributed by atoms with Crippen LogP contribution in [0.5, 0.6) is 0 Å². The molecule has 0 fully saturated rings. The van der Waals surface area contributed by atoms with Crippen molar-refractivity contribution >= 4 is 40.5 Å². The topological polar surface area (TPSA) is 55.1 Å². The predicted molar refractivity (Wildman–Crippen MR) is 79.9 cm³/mol. The van der Waals surface area contributed by atoms with Crippen molar-refractivity contribution in [2.75, 3.05) is 11.1 Å². The number of nitrogen functional groups attached to an aromatic ring is 1. The molecule has 0 bridgehead atoms. The fourth-order valence-corrected chi connectivity index (χ4v) is 2.16. The highest BCUT2D eigenvalue weighted by Gasteiger charge is 2.18. The van der Waals surface area contributed by atoms with Gasteiger partial charge in [-0.1, -0.05) is 29.3 Å². The summed E-state index contributed by atoms with van der Waals surface area (Å²) < 4.78 is 26.7. The summed E-state index contributed by atoms with van der Waals surface area (Å²) in [5, 5.41) is 2.85. The summed E-state index contributed by atoms with van der Waals surface area (Å²) >= 11 is 12.0. The third-order valence-electron chi connectivity index (χ3n) is 2.85. The van der Waals surface area contributed by atoms with E-state index in [1.165, 1.54) is 0 Å². The molecule has 2 rings (SSSR count). The van der Waals surface area contributed by atoms with E-state index >= 15 is 0 Å². The molecule has 0 heterocycles. The lowest BCUT2D eigenvalue weighted by atomic mass is 10.1. The first-order valence-electron chi connectivity index (χ1n) is 5.81. The van der Waals surface area contributed by atoms with Gasteiger partial charge in [-0.3, -0.25) is 4.79 Å². The zero-order chi connectivity index (χ0) is 15.7. The Morgan fingerprint density at radius 1 is 1.19 bits per heavy atom. The number of carbonyl (C=O) groups excluding carboxylic acids is 1. The SMILES string of the molecule is Cc1ccc(Cl)c(NC(=O)c2cc(N)c(F)cc2F)c1Cl. The van der Waals surface area contributed by atoms with E-state index in [2.05, 4.69) is 5.32 Å². The maximum Gasteiger partial charge on any atom is 0.258 e. The Hall–Kier alpha value is -1.85. The van der Waals surface area contributed by atoms with Gasteiger partial charge in [-0.05, 0) is 24.6 Å². The van der Waals surface area contributed by atoms with E-state index in [1.54, 1.807) is 19.1 Å². The molecule has 0 aliphatic rings. The van der Waals surface area contributed by atoms with Crippen LogP contribution in [-0.4, -0.2) is 5.91 Å². The summed E-state index contributed by atoms with van der Waals surface area (Å²) in [6.07, 6.45) is 0. The number of hydrogen-bond donors (Lipinski definition) is 2. The number of nitrogens with one attached hydrogen (secondary N) is 1. The van der Waals surface area contributed by atoms with Crippen LogP contribution in [0, 0.1) is 18.6 Å². The Morgan fingerprint density at radius 2 is 1.86 bits per heavy atom. The number of nitrogens with two attached hydrogens (primary N) is 1. The molecule has 0 aliphatic heterocycles. The van der Waals surface area contributed by atoms with Gasteiger partial charge >= 0.3 is 0 Å². The number of anilines is 2. The molecular formula is C14H10Cl2F2N2O. The monoisotopic (exact) mass is 330 g/mol. The van der Waals surface area contributed by atoms with Crippen LogP contribution < -0.4 is 11.1 Å². The number of hydrogen-bond acceptors (Lipinski definition) is 2. The van der Waals surface area contributed by atoms with E-state index in [9.17, 15) is 13.6 Å². The molecule has 0 atom stereocenters. The smallest absolute Gasteiger partial charge is 0.258 e. The molecule has 0 spiro atoms. The van der Waals surface area contributed by atoms with Gasteiger partial charge in [0.15, 0.2) is 0 Å². The van der Waals surface area contributed by atoms with Crippen molar-refractivity contribution in [2.24, 2.45) is 0 Å². The second kappa shape index (κ2) is 5.87. The van der Waals surface area contributed by atoms with Gasteiger partial charge in [-0.25, -0.2) is 8.78 Å². The molecule has 0 radical (unpaired) electrons. The maximum atomic E-state index is 13.6. The van der Waals surface area contributed by atoms with Crippen molar-refractivity contribution in [3.8, 4) is 0 Å². The zero-order valence-corrected chi connectivity index (χ0v) is 12.3. The van der Waals surface area contributed by atoms with Gasteiger partial charge in [0.05, 0.1) is 27.0 Å². The minimum atomic E-state index is -1.03. The molecule has 2 aromatic rings. The lowest BCUT2D eigenvalue weighted by molar-refractivity contribution is 0.102. The summed E-state index contributed by atoms with van der Waals surface area (Å²) in [6, 6.07) is 4.69. The normalized spacial score (nSPS) is 10.5. The molecule has 0 unspecified atom stereocenters. The Kier molecular flexibility index (Phi) is 4.34. The Balaban J connectivity index is 2.40. The third kappa shape index (κ3) is 3.09. The number of aryl methyl sites for hydroxylation is 1. The van der Waals surface area contributed by atoms with Gasteiger partial charge in [-0.2, -0.15) is 0 Å². The molecule has 0 saturated heterocycles. The molecule has 0 aromatic heterocycles. The zero-order valence-electron chi connectivity index (χ0n) is 10.8. The average molecular weight is 331 g/mol. The molecule has 3 nitrogen and oxygen atoms in total. The van der Waals surface area contributed by atoms with Crippen molar-refractivity contribution in [1.82, 2.24) is 0 Å². The average Bonchev–Trinajstić information content (AvgIpc) is 2.43. The van der Waals surface area contributed by atoms with Gasteiger partial charge in [0.2, 0.25) is 0 Å². The Morgan fingerprint density at radius 3 is 2.52 bits per heavy atom. The first-order chi connectivity index (χ1) is 9.81. The Labute approximate surface area is 129 Å². The summed E-state index contributed by atoms with van der Waals surface area (Å²) in [5.41, 5.74) is 5.45. The molecule has 0 aliphatic carbocycles. The van der Waals surface area contributed by atoms with Crippen LogP contribution in [0.2, 0.25) is 10.0 Å². The quantitative estimate of drug-likeness (QED) is 0.801. The van der Waals surface area contributed by atoms with Gasteiger partial charge in [0, 0.05) is 6.07 Å². The van der Waals surface area contributed by atoms with E-state index in [4.69, 9.17) is 28.9 Å². The molecule has 7 heteroatoms. The van der Waals surface area contributed by atoms with Gasteiger partial charge < -0.3 is 11.1 Å². The minimum absolute atomic E-state index is 0.158. The van der Waals surface area contributed by atoms with Crippen LogP contribution in [0.25, 0.3) is 0 Å². The fraction of sp³-hybridized carbons (Fsp3) is 0.0714. The summed E-state index contributed by atoms with van der Waals surface area (Å²) in [4.78, 5) is 12.1. The number of amides is 1. The number of carbonyl (C=O) groups is 1. The molecule has 110 valence electrons. The lowest BCUT2D eigenvalue weighted by Crippen LogP contribution is -2.15. The first-order valence-corrected chi connectivity index (χ1v) is 6.57. The van der Waals surface area contributed by atoms with Crippen molar-refractivity contribution in [2.45, 2.75) is 6.92 Å². The predicted octanol–water partition coefficient (Wildman–Crippen LogP) is 4.41. The van der Waals surface area contributed by atoms with Crippen LogP contribution in [0.4, 0.5) is 20.2 Å². The van der Waals surface area contributed by atoms with Crippen molar-refractivity contribution in [3.05, 3.63) is 57.1 Å². The van der Waals surface area contributed by atoms with E-state index in [0.29, 0.717) is 11.6 Å². The van der Waals surface area contributed by atoms with Gasteiger partial charge in [-0.15, -0.1) is 0 Å². The standard InChI is InChI=1S/C14H10Cl2F2N2O/c1-6-2-3-8(15)13(12(6)16)20-14(21)7-4-11(19)10(18)5-9(7)17/h2-5H,19H2,1H3,(H,20,21). The summed E-state index contributed by atoms with van der Waals surface area (Å²) in [7, 11) is 0. The first kappa shape index (κ1) is 15.5. The highest BCUT2D eigenvalue weighted by Crippen LogP contribution is 2.33. The van der Waals surface area contributed by atoms with E-state index in [1.807, 2.05) is 0 Å². The third-order valence-corrected chi connectivity index (χ3v) is 3.66. The van der Waals surface area contributed by atoms with E-state index in [0.717, 1.165) is 6.07 Å². The molecule has 0 saturated carbocycles. The fourth-order valence-electron chi connectivity index (χ4n) is 1.69. The summed E-state index contributed by atoms with van der Waals surface area (Å²) in [5.74, 6) is -2.79. The second-order valence-electron chi connectivity index (χ2n) is 4.36. The molecule has 3 N–H and O–H groups in total. The molecule has 21 heavy (non-hydrogen) atoms. The highest BCUT2D eigenvalue weighted by atomic mass is 35.5. The summed E-state index contributed by atoms with van der Waals surface area (Å²) in [6.45, 7) is 1.73. The molecule has 1 amide bonds. The highest BCUT2D eigenvalue weighted by molar-refractivity contribution is 6.40. The lowest BCUT2D eigenvalue weighted by Gasteiger charge is -2.12. The van der Waals surface area contributed by atoms with Crippen LogP contribution in [0.3, 0.4) is 0 Å². The van der Waals surface area contributed by atoms with E-state index < -0.39 is 23.1 Å². The maximum absolute atomic E-state index is 13.6. The van der Waals surface area contributed by atoms with Crippen molar-refractivity contribution in [3.63, 3.8) is 0 Å². The number of halogens is 4. The number of rotatable bonds is 2. The second-order valence-corrected chi connectivity index (χ2v) is 5.15. The van der Waals surface area contributed by atoms with Crippen LogP contribution in [0.1, 0.15) is 15.9 Å².